The van der Waals surface area contributed by atoms with Gasteiger partial charge in [-0.1, -0.05) is 31.5 Å². The van der Waals surface area contributed by atoms with E-state index < -0.39 is 10.8 Å². The highest BCUT2D eigenvalue weighted by atomic mass is 32.2. The Morgan fingerprint density at radius 1 is 1.23 bits per heavy atom. The molecule has 1 saturated carbocycles. The van der Waals surface area contributed by atoms with Gasteiger partial charge in [0.1, 0.15) is 12.1 Å². The number of benzene rings is 1. The van der Waals surface area contributed by atoms with Crippen molar-refractivity contribution in [3.8, 4) is 5.69 Å². The molecule has 6 nitrogen and oxygen atoms in total. The van der Waals surface area contributed by atoms with Crippen molar-refractivity contribution in [1.29, 1.82) is 0 Å². The fraction of sp³-hybridized carbons (Fsp3) is 0.421. The average Bonchev–Trinajstić information content (AvgIpc) is 3.13. The summed E-state index contributed by atoms with van der Waals surface area (Å²) in [6.45, 7) is 2.00. The number of fused-ring (bicyclic) bond motifs is 1. The van der Waals surface area contributed by atoms with Crippen LogP contribution in [0.15, 0.2) is 42.9 Å². The van der Waals surface area contributed by atoms with Gasteiger partial charge in [-0.25, -0.2) is 14.6 Å². The third-order valence-electron chi connectivity index (χ3n) is 4.99. The SMILES string of the molecule is CCS(=O)C1CCCC(Nc2ncnc3c2cnn3-c2ccccc2)C1. The van der Waals surface area contributed by atoms with Crippen molar-refractivity contribution in [2.45, 2.75) is 43.9 Å². The maximum Gasteiger partial charge on any atom is 0.168 e. The fourth-order valence-corrected chi connectivity index (χ4v) is 5.01. The Morgan fingerprint density at radius 3 is 2.88 bits per heavy atom. The molecule has 1 fully saturated rings. The molecule has 0 saturated heterocycles. The zero-order chi connectivity index (χ0) is 17.9. The number of anilines is 1. The van der Waals surface area contributed by atoms with E-state index in [1.54, 1.807) is 6.33 Å². The zero-order valence-electron chi connectivity index (χ0n) is 14.8. The van der Waals surface area contributed by atoms with Gasteiger partial charge in [-0.3, -0.25) is 4.21 Å². The standard InChI is InChI=1S/C19H23N5OS/c1-2-26(25)16-10-6-7-14(11-16)23-18-17-12-22-24(19(17)21-13-20-18)15-8-4-3-5-9-15/h3-5,8-9,12-14,16H,2,6-7,10-11H2,1H3,(H,20,21,23). The number of aromatic nitrogens is 4. The average molecular weight is 369 g/mol. The summed E-state index contributed by atoms with van der Waals surface area (Å²) in [6, 6.07) is 10.3. The first-order valence-corrected chi connectivity index (χ1v) is 10.5. The Kier molecular flexibility index (Phi) is 4.97. The zero-order valence-corrected chi connectivity index (χ0v) is 15.7. The number of hydrogen-bond acceptors (Lipinski definition) is 5. The molecule has 0 spiro atoms. The molecule has 26 heavy (non-hydrogen) atoms. The first-order chi connectivity index (χ1) is 12.8. The maximum atomic E-state index is 12.2. The summed E-state index contributed by atoms with van der Waals surface area (Å²) in [7, 11) is -0.729. The largest absolute Gasteiger partial charge is 0.367 e. The van der Waals surface area contributed by atoms with Crippen LogP contribution in [0.3, 0.4) is 0 Å². The molecule has 1 aromatic carbocycles. The van der Waals surface area contributed by atoms with Crippen LogP contribution in [-0.4, -0.2) is 41.0 Å². The van der Waals surface area contributed by atoms with Crippen LogP contribution in [0, 0.1) is 0 Å². The van der Waals surface area contributed by atoms with Crippen molar-refractivity contribution in [2.75, 3.05) is 11.1 Å². The van der Waals surface area contributed by atoms with Crippen LogP contribution in [0.4, 0.5) is 5.82 Å². The summed E-state index contributed by atoms with van der Waals surface area (Å²) < 4.78 is 14.0. The summed E-state index contributed by atoms with van der Waals surface area (Å²) in [6.07, 6.45) is 7.56. The number of hydrogen-bond donors (Lipinski definition) is 1. The first-order valence-electron chi connectivity index (χ1n) is 9.14. The van der Waals surface area contributed by atoms with Crippen molar-refractivity contribution >= 4 is 27.7 Å². The Bertz CT molecular complexity index is 911. The van der Waals surface area contributed by atoms with Gasteiger partial charge in [0.2, 0.25) is 0 Å². The van der Waals surface area contributed by atoms with Crippen molar-refractivity contribution in [3.05, 3.63) is 42.9 Å². The molecule has 1 aliphatic carbocycles. The molecular weight excluding hydrogens is 346 g/mol. The highest BCUT2D eigenvalue weighted by Crippen LogP contribution is 2.28. The van der Waals surface area contributed by atoms with Crippen LogP contribution in [0.2, 0.25) is 0 Å². The summed E-state index contributed by atoms with van der Waals surface area (Å²) in [5.74, 6) is 1.55. The second-order valence-corrected chi connectivity index (χ2v) is 8.66. The highest BCUT2D eigenvalue weighted by Gasteiger charge is 2.26. The first kappa shape index (κ1) is 17.1. The molecule has 0 amide bonds. The summed E-state index contributed by atoms with van der Waals surface area (Å²) in [5, 5.41) is 9.26. The second-order valence-electron chi connectivity index (χ2n) is 6.65. The normalized spacial score (nSPS) is 21.6. The molecule has 3 unspecified atom stereocenters. The van der Waals surface area contributed by atoms with E-state index >= 15 is 0 Å². The molecule has 136 valence electrons. The van der Waals surface area contributed by atoms with E-state index in [9.17, 15) is 4.21 Å². The number of rotatable bonds is 5. The van der Waals surface area contributed by atoms with Crippen LogP contribution in [0.5, 0.6) is 0 Å². The van der Waals surface area contributed by atoms with Gasteiger partial charge in [-0.15, -0.1) is 0 Å². The molecule has 0 radical (unpaired) electrons. The molecule has 3 aromatic rings. The molecule has 0 aliphatic heterocycles. The van der Waals surface area contributed by atoms with Gasteiger partial charge in [0.25, 0.3) is 0 Å². The van der Waals surface area contributed by atoms with E-state index in [4.69, 9.17) is 0 Å². The smallest absolute Gasteiger partial charge is 0.168 e. The third-order valence-corrected chi connectivity index (χ3v) is 6.73. The number of para-hydroxylation sites is 1. The molecular formula is C19H23N5OS. The lowest BCUT2D eigenvalue weighted by Gasteiger charge is -2.29. The van der Waals surface area contributed by atoms with Gasteiger partial charge >= 0.3 is 0 Å². The molecule has 4 rings (SSSR count). The predicted octanol–water partition coefficient (Wildman–Crippen LogP) is 3.31. The lowest BCUT2D eigenvalue weighted by atomic mass is 9.95. The van der Waals surface area contributed by atoms with Crippen molar-refractivity contribution in [1.82, 2.24) is 19.7 Å². The van der Waals surface area contributed by atoms with Crippen LogP contribution in [0.1, 0.15) is 32.6 Å². The molecule has 2 heterocycles. The van der Waals surface area contributed by atoms with Gasteiger partial charge in [0.05, 0.1) is 17.3 Å². The molecule has 2 aromatic heterocycles. The van der Waals surface area contributed by atoms with Gasteiger partial charge in [0.15, 0.2) is 5.65 Å². The quantitative estimate of drug-likeness (QED) is 0.747. The summed E-state index contributed by atoms with van der Waals surface area (Å²) in [4.78, 5) is 8.88. The van der Waals surface area contributed by atoms with Crippen LogP contribution in [-0.2, 0) is 10.8 Å². The molecule has 7 heteroatoms. The van der Waals surface area contributed by atoms with E-state index in [0.29, 0.717) is 6.04 Å². The maximum absolute atomic E-state index is 12.2. The Balaban J connectivity index is 1.60. The van der Waals surface area contributed by atoms with Crippen LogP contribution < -0.4 is 5.32 Å². The summed E-state index contributed by atoms with van der Waals surface area (Å²) >= 11 is 0. The predicted molar refractivity (Wildman–Crippen MR) is 105 cm³/mol. The highest BCUT2D eigenvalue weighted by molar-refractivity contribution is 7.85. The molecule has 1 N–H and O–H groups in total. The number of nitrogens with zero attached hydrogens (tertiary/aromatic N) is 4. The topological polar surface area (TPSA) is 72.7 Å². The van der Waals surface area contributed by atoms with Gasteiger partial charge < -0.3 is 5.32 Å². The Labute approximate surface area is 155 Å². The van der Waals surface area contributed by atoms with Crippen molar-refractivity contribution < 1.29 is 4.21 Å². The van der Waals surface area contributed by atoms with E-state index in [2.05, 4.69) is 20.4 Å². The lowest BCUT2D eigenvalue weighted by molar-refractivity contribution is 0.464. The minimum Gasteiger partial charge on any atom is -0.367 e. The van der Waals surface area contributed by atoms with E-state index in [1.807, 2.05) is 48.1 Å². The minimum atomic E-state index is -0.729. The van der Waals surface area contributed by atoms with E-state index in [-0.39, 0.29) is 5.25 Å². The Hall–Kier alpha value is -2.28. The van der Waals surface area contributed by atoms with E-state index in [0.717, 1.165) is 54.0 Å². The second kappa shape index (κ2) is 7.53. The fourth-order valence-electron chi connectivity index (χ4n) is 3.66. The lowest BCUT2D eigenvalue weighted by Crippen LogP contribution is -2.33. The molecule has 3 atom stereocenters. The molecule has 0 bridgehead atoms. The van der Waals surface area contributed by atoms with Crippen LogP contribution >= 0.6 is 0 Å². The van der Waals surface area contributed by atoms with Gasteiger partial charge in [0, 0.05) is 27.8 Å². The van der Waals surface area contributed by atoms with Gasteiger partial charge in [-0.05, 0) is 31.4 Å². The molecule has 1 aliphatic rings. The third kappa shape index (κ3) is 3.35. The number of nitrogens with one attached hydrogen (secondary N) is 1. The van der Waals surface area contributed by atoms with Crippen LogP contribution in [0.25, 0.3) is 16.7 Å². The minimum absolute atomic E-state index is 0.288. The monoisotopic (exact) mass is 369 g/mol. The van der Waals surface area contributed by atoms with Crippen molar-refractivity contribution in [2.24, 2.45) is 0 Å². The van der Waals surface area contributed by atoms with Gasteiger partial charge in [-0.2, -0.15) is 5.10 Å². The summed E-state index contributed by atoms with van der Waals surface area (Å²) in [5.41, 5.74) is 1.77. The Morgan fingerprint density at radius 2 is 2.08 bits per heavy atom. The van der Waals surface area contributed by atoms with Crippen molar-refractivity contribution in [3.63, 3.8) is 0 Å². The van der Waals surface area contributed by atoms with E-state index in [1.165, 1.54) is 0 Å².